The van der Waals surface area contributed by atoms with Crippen LogP contribution >= 0.6 is 0 Å². The SMILES string of the molecule is COCCc1nc(C)c(F)c(=O)[nH]1. The Kier molecular flexibility index (Phi) is 3.13. The Morgan fingerprint density at radius 2 is 2.31 bits per heavy atom. The second-order valence-electron chi connectivity index (χ2n) is 2.65. The summed E-state index contributed by atoms with van der Waals surface area (Å²) in [7, 11) is 1.55. The maximum atomic E-state index is 12.8. The molecule has 1 aromatic rings. The first-order chi connectivity index (χ1) is 6.15. The highest BCUT2D eigenvalue weighted by atomic mass is 19.1. The lowest BCUT2D eigenvalue weighted by Crippen LogP contribution is -2.18. The molecule has 0 aromatic carbocycles. The fourth-order valence-electron chi connectivity index (χ4n) is 0.947. The molecule has 0 unspecified atom stereocenters. The minimum Gasteiger partial charge on any atom is -0.384 e. The number of H-pyrrole nitrogens is 1. The second kappa shape index (κ2) is 4.13. The number of hydrogen-bond donors (Lipinski definition) is 1. The minimum atomic E-state index is -0.818. The van der Waals surface area contributed by atoms with E-state index in [2.05, 4.69) is 9.97 Å². The highest BCUT2D eigenvalue weighted by Crippen LogP contribution is 1.96. The molecule has 1 N–H and O–H groups in total. The van der Waals surface area contributed by atoms with Crippen molar-refractivity contribution in [3.8, 4) is 0 Å². The molecule has 0 amide bonds. The molecule has 0 saturated heterocycles. The van der Waals surface area contributed by atoms with Gasteiger partial charge in [0.15, 0.2) is 0 Å². The van der Waals surface area contributed by atoms with Crippen LogP contribution in [0.2, 0.25) is 0 Å². The molecule has 0 fully saturated rings. The van der Waals surface area contributed by atoms with Crippen molar-refractivity contribution in [1.82, 2.24) is 9.97 Å². The highest BCUT2D eigenvalue weighted by Gasteiger charge is 2.05. The Morgan fingerprint density at radius 1 is 1.62 bits per heavy atom. The van der Waals surface area contributed by atoms with Gasteiger partial charge in [-0.3, -0.25) is 4.79 Å². The van der Waals surface area contributed by atoms with Crippen LogP contribution in [0, 0.1) is 12.7 Å². The molecule has 0 spiro atoms. The summed E-state index contributed by atoms with van der Waals surface area (Å²) in [6.07, 6.45) is 0.479. The Morgan fingerprint density at radius 3 is 2.85 bits per heavy atom. The molecule has 4 nitrogen and oxygen atoms in total. The number of halogens is 1. The lowest BCUT2D eigenvalue weighted by atomic mass is 10.3. The van der Waals surface area contributed by atoms with Gasteiger partial charge in [-0.15, -0.1) is 0 Å². The predicted molar refractivity (Wildman–Crippen MR) is 45.1 cm³/mol. The van der Waals surface area contributed by atoms with E-state index in [1.54, 1.807) is 7.11 Å². The fraction of sp³-hybridized carbons (Fsp3) is 0.500. The number of rotatable bonds is 3. The molecule has 72 valence electrons. The Labute approximate surface area is 74.8 Å². The van der Waals surface area contributed by atoms with Crippen LogP contribution in [0.1, 0.15) is 11.5 Å². The van der Waals surface area contributed by atoms with Crippen molar-refractivity contribution >= 4 is 0 Å². The van der Waals surface area contributed by atoms with Crippen LogP contribution in [-0.4, -0.2) is 23.7 Å². The highest BCUT2D eigenvalue weighted by molar-refractivity contribution is 5.03. The molecule has 0 aliphatic heterocycles. The molecule has 0 bridgehead atoms. The molecule has 0 radical (unpaired) electrons. The van der Waals surface area contributed by atoms with Gasteiger partial charge >= 0.3 is 0 Å². The first-order valence-corrected chi connectivity index (χ1v) is 3.89. The monoisotopic (exact) mass is 186 g/mol. The van der Waals surface area contributed by atoms with Crippen molar-refractivity contribution < 1.29 is 9.13 Å². The summed E-state index contributed by atoms with van der Waals surface area (Å²) in [6, 6.07) is 0. The van der Waals surface area contributed by atoms with Gasteiger partial charge < -0.3 is 9.72 Å². The zero-order valence-corrected chi connectivity index (χ0v) is 7.56. The Bertz CT molecular complexity index is 348. The van der Waals surface area contributed by atoms with E-state index in [-0.39, 0.29) is 5.69 Å². The van der Waals surface area contributed by atoms with Gasteiger partial charge in [0, 0.05) is 13.5 Å². The quantitative estimate of drug-likeness (QED) is 0.743. The molecule has 1 rings (SSSR count). The Hall–Kier alpha value is -1.23. The number of aromatic nitrogens is 2. The van der Waals surface area contributed by atoms with Crippen LogP contribution in [-0.2, 0) is 11.2 Å². The van der Waals surface area contributed by atoms with Gasteiger partial charge in [-0.1, -0.05) is 0 Å². The largest absolute Gasteiger partial charge is 0.384 e. The molecule has 0 saturated carbocycles. The topological polar surface area (TPSA) is 55.0 Å². The maximum absolute atomic E-state index is 12.8. The van der Waals surface area contributed by atoms with Gasteiger partial charge in [0.25, 0.3) is 5.56 Å². The molecule has 0 aliphatic rings. The first kappa shape index (κ1) is 9.85. The molecule has 13 heavy (non-hydrogen) atoms. The van der Waals surface area contributed by atoms with Crippen LogP contribution in [0.25, 0.3) is 0 Å². The average molecular weight is 186 g/mol. The first-order valence-electron chi connectivity index (χ1n) is 3.89. The van der Waals surface area contributed by atoms with Crippen molar-refractivity contribution in [2.45, 2.75) is 13.3 Å². The van der Waals surface area contributed by atoms with E-state index >= 15 is 0 Å². The number of hydrogen-bond acceptors (Lipinski definition) is 3. The van der Waals surface area contributed by atoms with Crippen molar-refractivity contribution in [3.63, 3.8) is 0 Å². The van der Waals surface area contributed by atoms with Crippen molar-refractivity contribution in [1.29, 1.82) is 0 Å². The number of aryl methyl sites for hydroxylation is 1. The number of aromatic amines is 1. The third-order valence-electron chi connectivity index (χ3n) is 1.62. The number of nitrogens with zero attached hydrogens (tertiary/aromatic N) is 1. The zero-order valence-electron chi connectivity index (χ0n) is 7.56. The Balaban J connectivity index is 2.93. The number of ether oxygens (including phenoxy) is 1. The van der Waals surface area contributed by atoms with Gasteiger partial charge in [0.2, 0.25) is 5.82 Å². The standard InChI is InChI=1S/C8H11FN2O2/c1-5-7(9)8(12)11-6(10-5)3-4-13-2/h3-4H2,1-2H3,(H,10,11,12). The van der Waals surface area contributed by atoms with Crippen molar-refractivity contribution in [2.24, 2.45) is 0 Å². The van der Waals surface area contributed by atoms with Crippen molar-refractivity contribution in [3.05, 3.63) is 27.7 Å². The molecule has 1 heterocycles. The van der Waals surface area contributed by atoms with E-state index in [0.29, 0.717) is 18.9 Å². The van der Waals surface area contributed by atoms with E-state index in [1.807, 2.05) is 0 Å². The van der Waals surface area contributed by atoms with Crippen molar-refractivity contribution in [2.75, 3.05) is 13.7 Å². The summed E-state index contributed by atoms with van der Waals surface area (Å²) in [4.78, 5) is 17.1. The van der Waals surface area contributed by atoms with Crippen LogP contribution in [0.4, 0.5) is 4.39 Å². The summed E-state index contributed by atoms with van der Waals surface area (Å²) in [5.41, 5.74) is -0.603. The fourth-order valence-corrected chi connectivity index (χ4v) is 0.947. The molecular formula is C8H11FN2O2. The second-order valence-corrected chi connectivity index (χ2v) is 2.65. The van der Waals surface area contributed by atoms with Crippen LogP contribution in [0.5, 0.6) is 0 Å². The van der Waals surface area contributed by atoms with Gasteiger partial charge in [-0.2, -0.15) is 4.39 Å². The number of nitrogens with one attached hydrogen (secondary N) is 1. The summed E-state index contributed by atoms with van der Waals surface area (Å²) in [5.74, 6) is -0.369. The molecule has 5 heteroatoms. The van der Waals surface area contributed by atoms with Crippen LogP contribution in [0.15, 0.2) is 4.79 Å². The zero-order chi connectivity index (χ0) is 9.84. The normalized spacial score (nSPS) is 10.4. The third kappa shape index (κ3) is 2.35. The van der Waals surface area contributed by atoms with E-state index in [1.165, 1.54) is 6.92 Å². The van der Waals surface area contributed by atoms with Crippen LogP contribution < -0.4 is 5.56 Å². The van der Waals surface area contributed by atoms with Gasteiger partial charge in [0.05, 0.1) is 12.3 Å². The van der Waals surface area contributed by atoms with Crippen LogP contribution in [0.3, 0.4) is 0 Å². The van der Waals surface area contributed by atoms with Gasteiger partial charge in [-0.05, 0) is 6.92 Å². The summed E-state index contributed by atoms with van der Waals surface area (Å²) in [5, 5.41) is 0. The third-order valence-corrected chi connectivity index (χ3v) is 1.62. The lowest BCUT2D eigenvalue weighted by Gasteiger charge is -2.01. The minimum absolute atomic E-state index is 0.120. The summed E-state index contributed by atoms with van der Waals surface area (Å²) >= 11 is 0. The average Bonchev–Trinajstić information content (AvgIpc) is 2.10. The summed E-state index contributed by atoms with van der Waals surface area (Å²) in [6.45, 7) is 1.91. The molecule has 1 aromatic heterocycles. The molecular weight excluding hydrogens is 175 g/mol. The molecule has 0 atom stereocenters. The van der Waals surface area contributed by atoms with E-state index in [4.69, 9.17) is 4.74 Å². The van der Waals surface area contributed by atoms with Gasteiger partial charge in [-0.25, -0.2) is 4.98 Å². The van der Waals surface area contributed by atoms with Gasteiger partial charge in [0.1, 0.15) is 5.82 Å². The van der Waals surface area contributed by atoms with E-state index in [0.717, 1.165) is 0 Å². The smallest absolute Gasteiger partial charge is 0.287 e. The molecule has 0 aliphatic carbocycles. The van der Waals surface area contributed by atoms with E-state index < -0.39 is 11.4 Å². The number of methoxy groups -OCH3 is 1. The lowest BCUT2D eigenvalue weighted by molar-refractivity contribution is 0.200. The predicted octanol–water partition coefficient (Wildman–Crippen LogP) is 0.406. The van der Waals surface area contributed by atoms with E-state index in [9.17, 15) is 9.18 Å². The summed E-state index contributed by atoms with van der Waals surface area (Å²) < 4.78 is 17.6. The maximum Gasteiger partial charge on any atom is 0.287 e.